The fourth-order valence-electron chi connectivity index (χ4n) is 3.53. The fourth-order valence-corrected chi connectivity index (χ4v) is 3.83. The number of aromatic nitrogens is 2. The van der Waals surface area contributed by atoms with Crippen molar-refractivity contribution in [1.29, 1.82) is 0 Å². The first-order valence-electron chi connectivity index (χ1n) is 10.1. The van der Waals surface area contributed by atoms with Crippen LogP contribution in [0.3, 0.4) is 0 Å². The second-order valence-corrected chi connectivity index (χ2v) is 7.79. The van der Waals surface area contributed by atoms with Crippen LogP contribution in [0.2, 0.25) is 0 Å². The zero-order valence-corrected chi connectivity index (χ0v) is 19.2. The van der Waals surface area contributed by atoms with Gasteiger partial charge in [-0.05, 0) is 60.7 Å². The third-order valence-corrected chi connectivity index (χ3v) is 5.52. The minimum absolute atomic E-state index is 0.0248. The molecule has 0 radical (unpaired) electrons. The Kier molecular flexibility index (Phi) is 6.35. The molecule has 1 heterocycles. The summed E-state index contributed by atoms with van der Waals surface area (Å²) in [6.07, 6.45) is -4.57. The highest BCUT2D eigenvalue weighted by Crippen LogP contribution is 2.31. The molecule has 0 aliphatic carbocycles. The van der Waals surface area contributed by atoms with E-state index in [4.69, 9.17) is 21.7 Å². The first kappa shape index (κ1) is 24.0. The number of fused-ring (bicyclic) bond motifs is 1. The number of hydrogen-bond donors (Lipinski definition) is 2. The predicted molar refractivity (Wildman–Crippen MR) is 127 cm³/mol. The Morgan fingerprint density at radius 2 is 1.74 bits per heavy atom. The van der Waals surface area contributed by atoms with Crippen molar-refractivity contribution in [1.82, 2.24) is 9.55 Å². The summed E-state index contributed by atoms with van der Waals surface area (Å²) < 4.78 is 50.6. The molecule has 0 fully saturated rings. The van der Waals surface area contributed by atoms with Gasteiger partial charge in [-0.3, -0.25) is 14.2 Å². The Labute approximate surface area is 201 Å². The van der Waals surface area contributed by atoms with Crippen molar-refractivity contribution in [2.45, 2.75) is 6.18 Å². The Bertz CT molecular complexity index is 1560. The number of halogens is 3. The van der Waals surface area contributed by atoms with Gasteiger partial charge in [0.2, 0.25) is 0 Å². The molecule has 0 bridgehead atoms. The standard InChI is InChI=1S/C24H18F3N3O4S/c1-33-19-9-7-15(12-20(19)34-2)28-21(31)13-6-8-17-18(10-13)29-23(35)30(22(17)32)16-5-3-4-14(11-16)24(25,26)27/h3-12H,1-2H3,(H,28,31)(H,29,35). The maximum atomic E-state index is 13.1. The Hall–Kier alpha value is -4.12. The summed E-state index contributed by atoms with van der Waals surface area (Å²) in [5, 5.41) is 2.88. The van der Waals surface area contributed by atoms with Gasteiger partial charge in [0.25, 0.3) is 11.5 Å². The summed E-state index contributed by atoms with van der Waals surface area (Å²) in [6.45, 7) is 0. The number of hydrogen-bond acceptors (Lipinski definition) is 5. The molecule has 0 aliphatic heterocycles. The van der Waals surface area contributed by atoms with Gasteiger partial charge in [0.1, 0.15) is 0 Å². The maximum Gasteiger partial charge on any atom is 0.416 e. The van der Waals surface area contributed by atoms with Crippen LogP contribution in [0.15, 0.2) is 65.5 Å². The Morgan fingerprint density at radius 1 is 1.00 bits per heavy atom. The highest BCUT2D eigenvalue weighted by atomic mass is 32.1. The van der Waals surface area contributed by atoms with E-state index >= 15 is 0 Å². The topological polar surface area (TPSA) is 85.4 Å². The number of carbonyl (C=O) groups is 1. The number of alkyl halides is 3. The highest BCUT2D eigenvalue weighted by Gasteiger charge is 2.30. The number of rotatable bonds is 5. The molecular formula is C24H18F3N3O4S. The molecule has 1 amide bonds. The van der Waals surface area contributed by atoms with Gasteiger partial charge in [-0.15, -0.1) is 0 Å². The van der Waals surface area contributed by atoms with E-state index in [0.717, 1.165) is 16.7 Å². The van der Waals surface area contributed by atoms with Crippen LogP contribution in [-0.2, 0) is 6.18 Å². The molecule has 7 nitrogen and oxygen atoms in total. The molecule has 0 spiro atoms. The number of ether oxygens (including phenoxy) is 2. The van der Waals surface area contributed by atoms with Gasteiger partial charge in [-0.25, -0.2) is 0 Å². The fraction of sp³-hybridized carbons (Fsp3) is 0.125. The average molecular weight is 501 g/mol. The van der Waals surface area contributed by atoms with E-state index in [9.17, 15) is 22.8 Å². The third-order valence-electron chi connectivity index (χ3n) is 5.23. The van der Waals surface area contributed by atoms with Crippen LogP contribution in [0.4, 0.5) is 18.9 Å². The number of methoxy groups -OCH3 is 2. The summed E-state index contributed by atoms with van der Waals surface area (Å²) in [6, 6.07) is 13.5. The third kappa shape index (κ3) is 4.76. The quantitative estimate of drug-likeness (QED) is 0.361. The first-order valence-corrected chi connectivity index (χ1v) is 10.5. The van der Waals surface area contributed by atoms with Crippen LogP contribution >= 0.6 is 12.2 Å². The molecular weight excluding hydrogens is 483 g/mol. The number of H-pyrrole nitrogens is 1. The van der Waals surface area contributed by atoms with Crippen LogP contribution in [0, 0.1) is 4.77 Å². The van der Waals surface area contributed by atoms with Crippen LogP contribution in [0.1, 0.15) is 15.9 Å². The largest absolute Gasteiger partial charge is 0.493 e. The van der Waals surface area contributed by atoms with Crippen molar-refractivity contribution < 1.29 is 27.4 Å². The lowest BCUT2D eigenvalue weighted by Gasteiger charge is -2.12. The molecule has 0 aliphatic rings. The summed E-state index contributed by atoms with van der Waals surface area (Å²) in [4.78, 5) is 28.7. The van der Waals surface area contributed by atoms with E-state index in [1.54, 1.807) is 18.2 Å². The molecule has 2 N–H and O–H groups in total. The van der Waals surface area contributed by atoms with Crippen LogP contribution < -0.4 is 20.3 Å². The molecule has 0 saturated carbocycles. The second-order valence-electron chi connectivity index (χ2n) is 7.40. The van der Waals surface area contributed by atoms with Gasteiger partial charge >= 0.3 is 6.18 Å². The Balaban J connectivity index is 1.70. The predicted octanol–water partition coefficient (Wildman–Crippen LogP) is 5.34. The summed E-state index contributed by atoms with van der Waals surface area (Å²) in [5.41, 5.74) is -0.588. The van der Waals surface area contributed by atoms with Gasteiger partial charge in [0.05, 0.1) is 36.4 Å². The van der Waals surface area contributed by atoms with E-state index < -0.39 is 23.2 Å². The van der Waals surface area contributed by atoms with E-state index in [-0.39, 0.29) is 26.9 Å². The molecule has 180 valence electrons. The van der Waals surface area contributed by atoms with Crippen molar-refractivity contribution in [2.75, 3.05) is 19.5 Å². The van der Waals surface area contributed by atoms with Gasteiger partial charge in [-0.1, -0.05) is 6.07 Å². The Morgan fingerprint density at radius 3 is 2.43 bits per heavy atom. The normalized spacial score (nSPS) is 11.3. The molecule has 4 aromatic rings. The smallest absolute Gasteiger partial charge is 0.416 e. The maximum absolute atomic E-state index is 13.1. The minimum atomic E-state index is -4.57. The first-order chi connectivity index (χ1) is 16.6. The lowest BCUT2D eigenvalue weighted by Crippen LogP contribution is -2.21. The van der Waals surface area contributed by atoms with Gasteiger partial charge in [0.15, 0.2) is 16.3 Å². The monoisotopic (exact) mass is 501 g/mol. The second kappa shape index (κ2) is 9.26. The van der Waals surface area contributed by atoms with Crippen molar-refractivity contribution in [3.05, 3.63) is 86.9 Å². The lowest BCUT2D eigenvalue weighted by atomic mass is 10.1. The van der Waals surface area contributed by atoms with Crippen LogP contribution in [0.5, 0.6) is 11.5 Å². The van der Waals surface area contributed by atoms with Gasteiger partial charge in [0, 0.05) is 17.3 Å². The summed E-state index contributed by atoms with van der Waals surface area (Å²) >= 11 is 5.25. The van der Waals surface area contributed by atoms with Crippen LogP contribution in [-0.4, -0.2) is 29.7 Å². The van der Waals surface area contributed by atoms with Crippen molar-refractivity contribution in [3.8, 4) is 17.2 Å². The molecule has 0 atom stereocenters. The average Bonchev–Trinajstić information content (AvgIpc) is 2.83. The van der Waals surface area contributed by atoms with Gasteiger partial charge < -0.3 is 19.8 Å². The number of carbonyl (C=O) groups excluding carboxylic acids is 1. The van der Waals surface area contributed by atoms with E-state index in [2.05, 4.69) is 10.3 Å². The number of anilines is 1. The molecule has 0 saturated heterocycles. The van der Waals surface area contributed by atoms with Crippen molar-refractivity contribution in [2.24, 2.45) is 0 Å². The number of nitrogens with zero attached hydrogens (tertiary/aromatic N) is 1. The number of nitrogens with one attached hydrogen (secondary N) is 2. The number of amides is 1. The SMILES string of the molecule is COc1ccc(NC(=O)c2ccc3c(=O)n(-c4cccc(C(F)(F)F)c4)c(=S)[nH]c3c2)cc1OC. The zero-order chi connectivity index (χ0) is 25.3. The molecule has 35 heavy (non-hydrogen) atoms. The van der Waals surface area contributed by atoms with Crippen molar-refractivity contribution >= 4 is 34.7 Å². The zero-order valence-electron chi connectivity index (χ0n) is 18.4. The summed E-state index contributed by atoms with van der Waals surface area (Å²) in [5.74, 6) is 0.476. The molecule has 3 aromatic carbocycles. The molecule has 11 heteroatoms. The van der Waals surface area contributed by atoms with Crippen molar-refractivity contribution in [3.63, 3.8) is 0 Å². The van der Waals surface area contributed by atoms with E-state index in [1.165, 1.54) is 44.6 Å². The minimum Gasteiger partial charge on any atom is -0.493 e. The molecule has 1 aromatic heterocycles. The highest BCUT2D eigenvalue weighted by molar-refractivity contribution is 7.71. The van der Waals surface area contributed by atoms with Gasteiger partial charge in [-0.2, -0.15) is 13.2 Å². The molecule has 0 unspecified atom stereocenters. The lowest BCUT2D eigenvalue weighted by molar-refractivity contribution is -0.137. The number of aromatic amines is 1. The summed E-state index contributed by atoms with van der Waals surface area (Å²) in [7, 11) is 2.97. The van der Waals surface area contributed by atoms with E-state index in [1.807, 2.05) is 0 Å². The van der Waals surface area contributed by atoms with Crippen LogP contribution in [0.25, 0.3) is 16.6 Å². The number of benzene rings is 3. The van der Waals surface area contributed by atoms with E-state index in [0.29, 0.717) is 17.2 Å². The molecule has 4 rings (SSSR count).